The molecule has 4 nitrogen and oxygen atoms in total. The van der Waals surface area contributed by atoms with Gasteiger partial charge >= 0.3 is 0 Å². The number of fused-ring (bicyclic) bond motifs is 1. The highest BCUT2D eigenvalue weighted by molar-refractivity contribution is 5.97. The Labute approximate surface area is 127 Å². The van der Waals surface area contributed by atoms with Crippen LogP contribution in [0, 0.1) is 12.7 Å². The van der Waals surface area contributed by atoms with Crippen LogP contribution in [0.3, 0.4) is 0 Å². The first-order chi connectivity index (χ1) is 10.6. The molecule has 1 heterocycles. The van der Waals surface area contributed by atoms with Gasteiger partial charge in [-0.05, 0) is 36.2 Å². The van der Waals surface area contributed by atoms with Gasteiger partial charge in [-0.2, -0.15) is 0 Å². The molecule has 0 bridgehead atoms. The number of hydrogen-bond donors (Lipinski definition) is 1. The summed E-state index contributed by atoms with van der Waals surface area (Å²) in [6.45, 7) is 2.13. The van der Waals surface area contributed by atoms with E-state index in [4.69, 9.17) is 4.42 Å². The van der Waals surface area contributed by atoms with E-state index in [1.54, 1.807) is 43.3 Å². The first kappa shape index (κ1) is 14.3. The van der Waals surface area contributed by atoms with E-state index in [9.17, 15) is 9.18 Å². The van der Waals surface area contributed by atoms with Crippen molar-refractivity contribution in [2.24, 2.45) is 0 Å². The molecule has 3 rings (SSSR count). The Kier molecular flexibility index (Phi) is 3.87. The molecule has 5 heteroatoms. The third-order valence-electron chi connectivity index (χ3n) is 3.39. The molecule has 1 N–H and O–H groups in total. The van der Waals surface area contributed by atoms with Crippen LogP contribution in [0.2, 0.25) is 0 Å². The third kappa shape index (κ3) is 2.98. The first-order valence-corrected chi connectivity index (χ1v) is 7.02. The fraction of sp³-hybridized carbons (Fsp3) is 0.176. The highest BCUT2D eigenvalue weighted by atomic mass is 19.1. The normalized spacial score (nSPS) is 10.8. The minimum atomic E-state index is -0.253. The molecule has 0 aliphatic heterocycles. The van der Waals surface area contributed by atoms with Crippen LogP contribution in [-0.2, 0) is 6.42 Å². The lowest BCUT2D eigenvalue weighted by molar-refractivity contribution is 0.0954. The van der Waals surface area contributed by atoms with E-state index in [0.717, 1.165) is 0 Å². The molecule has 0 spiro atoms. The van der Waals surface area contributed by atoms with Gasteiger partial charge in [0.2, 0.25) is 0 Å². The summed E-state index contributed by atoms with van der Waals surface area (Å²) in [6.07, 6.45) is 0.448. The number of nitrogens with zero attached hydrogens (tertiary/aromatic N) is 1. The van der Waals surface area contributed by atoms with Crippen LogP contribution in [0.5, 0.6) is 0 Å². The van der Waals surface area contributed by atoms with Crippen LogP contribution in [0.25, 0.3) is 11.1 Å². The quantitative estimate of drug-likeness (QED) is 0.804. The fourth-order valence-corrected chi connectivity index (χ4v) is 2.30. The average molecular weight is 298 g/mol. The molecule has 1 aromatic heterocycles. The molecule has 22 heavy (non-hydrogen) atoms. The Hall–Kier alpha value is -2.69. The number of amides is 1. The number of benzene rings is 2. The number of aromatic nitrogens is 1. The van der Waals surface area contributed by atoms with Gasteiger partial charge in [-0.25, -0.2) is 9.37 Å². The zero-order valence-electron chi connectivity index (χ0n) is 12.1. The number of hydrogen-bond acceptors (Lipinski definition) is 3. The summed E-state index contributed by atoms with van der Waals surface area (Å²) in [5.74, 6) is 0.0993. The average Bonchev–Trinajstić information content (AvgIpc) is 2.88. The van der Waals surface area contributed by atoms with Gasteiger partial charge in [0.25, 0.3) is 5.91 Å². The van der Waals surface area contributed by atoms with Crippen LogP contribution in [0.4, 0.5) is 4.39 Å². The minimum Gasteiger partial charge on any atom is -0.441 e. The molecule has 2 aromatic carbocycles. The zero-order chi connectivity index (χ0) is 15.5. The Morgan fingerprint density at radius 3 is 2.91 bits per heavy atom. The molecule has 3 aromatic rings. The van der Waals surface area contributed by atoms with Crippen molar-refractivity contribution in [2.45, 2.75) is 13.3 Å². The number of carbonyl (C=O) groups is 1. The molecule has 112 valence electrons. The lowest BCUT2D eigenvalue weighted by Gasteiger charge is -2.06. The van der Waals surface area contributed by atoms with Crippen molar-refractivity contribution in [1.82, 2.24) is 10.3 Å². The predicted octanol–water partition coefficient (Wildman–Crippen LogP) is 3.25. The van der Waals surface area contributed by atoms with Crippen molar-refractivity contribution in [1.29, 1.82) is 0 Å². The number of rotatable bonds is 4. The molecule has 0 fully saturated rings. The van der Waals surface area contributed by atoms with Crippen LogP contribution in [0.1, 0.15) is 21.8 Å². The Bertz CT molecular complexity index is 826. The SMILES string of the molecule is Cc1nc2cc(C(=O)NCCc3ccccc3F)ccc2o1. The second-order valence-electron chi connectivity index (χ2n) is 5.01. The molecule has 0 radical (unpaired) electrons. The summed E-state index contributed by atoms with van der Waals surface area (Å²) in [7, 11) is 0. The van der Waals surface area contributed by atoms with E-state index in [-0.39, 0.29) is 11.7 Å². The maximum atomic E-state index is 13.5. The van der Waals surface area contributed by atoms with E-state index in [1.165, 1.54) is 6.07 Å². The first-order valence-electron chi connectivity index (χ1n) is 7.02. The van der Waals surface area contributed by atoms with E-state index >= 15 is 0 Å². The van der Waals surface area contributed by atoms with Crippen molar-refractivity contribution in [3.8, 4) is 0 Å². The lowest BCUT2D eigenvalue weighted by atomic mass is 10.1. The van der Waals surface area contributed by atoms with Gasteiger partial charge in [0.1, 0.15) is 11.3 Å². The van der Waals surface area contributed by atoms with E-state index in [1.807, 2.05) is 0 Å². The number of aryl methyl sites for hydroxylation is 1. The Morgan fingerprint density at radius 1 is 1.27 bits per heavy atom. The molecule has 0 unspecified atom stereocenters. The second kappa shape index (κ2) is 5.97. The van der Waals surface area contributed by atoms with Gasteiger partial charge in [0.05, 0.1) is 0 Å². The Balaban J connectivity index is 1.64. The molecule has 0 aliphatic rings. The van der Waals surface area contributed by atoms with Crippen LogP contribution >= 0.6 is 0 Å². The third-order valence-corrected chi connectivity index (χ3v) is 3.39. The van der Waals surface area contributed by atoms with Crippen LogP contribution in [0.15, 0.2) is 46.9 Å². The maximum Gasteiger partial charge on any atom is 0.251 e. The summed E-state index contributed by atoms with van der Waals surface area (Å²) in [6, 6.07) is 11.6. The summed E-state index contributed by atoms with van der Waals surface area (Å²) in [4.78, 5) is 16.3. The van der Waals surface area contributed by atoms with Crippen LogP contribution in [-0.4, -0.2) is 17.4 Å². The summed E-state index contributed by atoms with van der Waals surface area (Å²) >= 11 is 0. The predicted molar refractivity (Wildman–Crippen MR) is 81.2 cm³/mol. The van der Waals surface area contributed by atoms with Crippen molar-refractivity contribution >= 4 is 17.0 Å². The van der Waals surface area contributed by atoms with Crippen molar-refractivity contribution in [3.63, 3.8) is 0 Å². The maximum absolute atomic E-state index is 13.5. The zero-order valence-corrected chi connectivity index (χ0v) is 12.1. The standard InChI is InChI=1S/C17H15FN2O2/c1-11-20-15-10-13(6-7-16(15)22-11)17(21)19-9-8-12-4-2-3-5-14(12)18/h2-7,10H,8-9H2,1H3,(H,19,21). The van der Waals surface area contributed by atoms with E-state index in [0.29, 0.717) is 41.1 Å². The van der Waals surface area contributed by atoms with E-state index in [2.05, 4.69) is 10.3 Å². The number of carbonyl (C=O) groups excluding carboxylic acids is 1. The smallest absolute Gasteiger partial charge is 0.251 e. The molecule has 0 saturated carbocycles. The molecule has 0 saturated heterocycles. The minimum absolute atomic E-state index is 0.209. The summed E-state index contributed by atoms with van der Waals surface area (Å²) in [5, 5.41) is 2.78. The molecule has 1 amide bonds. The molecular formula is C17H15FN2O2. The van der Waals surface area contributed by atoms with E-state index < -0.39 is 0 Å². The lowest BCUT2D eigenvalue weighted by Crippen LogP contribution is -2.25. The summed E-state index contributed by atoms with van der Waals surface area (Å²) in [5.41, 5.74) is 2.40. The molecule has 0 atom stereocenters. The topological polar surface area (TPSA) is 55.1 Å². The van der Waals surface area contributed by atoms with Gasteiger partial charge in [-0.15, -0.1) is 0 Å². The van der Waals surface area contributed by atoms with Crippen molar-refractivity contribution in [2.75, 3.05) is 6.54 Å². The second-order valence-corrected chi connectivity index (χ2v) is 5.01. The number of oxazole rings is 1. The summed E-state index contributed by atoms with van der Waals surface area (Å²) < 4.78 is 18.9. The number of nitrogens with one attached hydrogen (secondary N) is 1. The largest absolute Gasteiger partial charge is 0.441 e. The fourth-order valence-electron chi connectivity index (χ4n) is 2.30. The highest BCUT2D eigenvalue weighted by Crippen LogP contribution is 2.16. The molecular weight excluding hydrogens is 283 g/mol. The highest BCUT2D eigenvalue weighted by Gasteiger charge is 2.09. The number of halogens is 1. The van der Waals surface area contributed by atoms with Crippen LogP contribution < -0.4 is 5.32 Å². The van der Waals surface area contributed by atoms with Crippen molar-refractivity contribution in [3.05, 3.63) is 65.3 Å². The van der Waals surface area contributed by atoms with Gasteiger partial charge < -0.3 is 9.73 Å². The van der Waals surface area contributed by atoms with Gasteiger partial charge in [0.15, 0.2) is 11.5 Å². The Morgan fingerprint density at radius 2 is 2.09 bits per heavy atom. The molecule has 0 aliphatic carbocycles. The monoisotopic (exact) mass is 298 g/mol. The van der Waals surface area contributed by atoms with Gasteiger partial charge in [-0.1, -0.05) is 18.2 Å². The van der Waals surface area contributed by atoms with Crippen molar-refractivity contribution < 1.29 is 13.6 Å². The van der Waals surface area contributed by atoms with Gasteiger partial charge in [-0.3, -0.25) is 4.79 Å². The van der Waals surface area contributed by atoms with Gasteiger partial charge in [0, 0.05) is 19.0 Å².